The second-order valence-corrected chi connectivity index (χ2v) is 19.3. The van der Waals surface area contributed by atoms with E-state index in [0.717, 1.165) is 61.7 Å². The maximum Gasteiger partial charge on any atom is 0.0934 e. The van der Waals surface area contributed by atoms with Gasteiger partial charge >= 0.3 is 0 Å². The van der Waals surface area contributed by atoms with Crippen LogP contribution in [0.15, 0.2) is 18.2 Å². The lowest BCUT2D eigenvalue weighted by Gasteiger charge is -2.20. The number of rotatable bonds is 28. The van der Waals surface area contributed by atoms with E-state index in [2.05, 4.69) is 45.9 Å². The first-order valence-corrected chi connectivity index (χ1v) is 22.0. The number of aromatic nitrogens is 1. The van der Waals surface area contributed by atoms with Gasteiger partial charge in [0.25, 0.3) is 0 Å². The summed E-state index contributed by atoms with van der Waals surface area (Å²) in [5.41, 5.74) is 1.95. The van der Waals surface area contributed by atoms with Crippen LogP contribution < -0.4 is 0 Å². The highest BCUT2D eigenvalue weighted by molar-refractivity contribution is 7.63. The van der Waals surface area contributed by atoms with Crippen molar-refractivity contribution in [1.82, 2.24) is 4.98 Å². The zero-order valence-electron chi connectivity index (χ0n) is 27.3. The van der Waals surface area contributed by atoms with E-state index < -0.39 is 14.3 Å². The predicted octanol–water partition coefficient (Wildman–Crippen LogP) is 12.7. The third kappa shape index (κ3) is 18.9. The number of pyridine rings is 1. The molecule has 3 nitrogen and oxygen atoms in total. The van der Waals surface area contributed by atoms with Crippen LogP contribution in [0.5, 0.6) is 0 Å². The van der Waals surface area contributed by atoms with Gasteiger partial charge in [-0.3, -0.25) is 4.98 Å². The van der Waals surface area contributed by atoms with Crippen LogP contribution in [0.4, 0.5) is 0 Å². The minimum atomic E-state index is -2.30. The van der Waals surface area contributed by atoms with E-state index >= 15 is 0 Å². The third-order valence-electron chi connectivity index (χ3n) is 8.44. The van der Waals surface area contributed by atoms with Crippen LogP contribution in [0, 0.1) is 0 Å². The Hall–Kier alpha value is -0.390. The summed E-state index contributed by atoms with van der Waals surface area (Å²) in [5, 5.41) is 0. The minimum absolute atomic E-state index is 0.626. The van der Waals surface area contributed by atoms with Crippen molar-refractivity contribution < 1.29 is 9.13 Å². The zero-order valence-corrected chi connectivity index (χ0v) is 29.1. The summed E-state index contributed by atoms with van der Waals surface area (Å²) in [6.07, 6.45) is 28.9. The van der Waals surface area contributed by atoms with Gasteiger partial charge in [-0.25, -0.2) is 0 Å². The molecule has 1 aromatic rings. The van der Waals surface area contributed by atoms with Crippen molar-refractivity contribution in [1.29, 1.82) is 0 Å². The van der Waals surface area contributed by atoms with Crippen molar-refractivity contribution in [2.75, 3.05) is 24.6 Å². The summed E-state index contributed by atoms with van der Waals surface area (Å²) in [6, 6.07) is 6.23. The fraction of sp³-hybridized carbons (Fsp3) is 0.857. The van der Waals surface area contributed by atoms with Gasteiger partial charge < -0.3 is 9.13 Å². The Bertz CT molecular complexity index is 726. The largest absolute Gasteiger partial charge is 0.323 e. The first-order chi connectivity index (χ1) is 19.4. The first kappa shape index (κ1) is 37.6. The molecule has 1 rings (SSSR count). The summed E-state index contributed by atoms with van der Waals surface area (Å²) in [4.78, 5) is 5.03. The Labute approximate surface area is 250 Å². The molecule has 0 saturated heterocycles. The molecular weight excluding hydrogens is 528 g/mol. The molecule has 0 aliphatic rings. The van der Waals surface area contributed by atoms with Gasteiger partial charge in [0.05, 0.1) is 14.3 Å². The minimum Gasteiger partial charge on any atom is -0.323 e. The van der Waals surface area contributed by atoms with Gasteiger partial charge in [0.1, 0.15) is 0 Å². The highest BCUT2D eigenvalue weighted by Crippen LogP contribution is 2.52. The first-order valence-electron chi connectivity index (χ1n) is 17.5. The molecule has 0 bridgehead atoms. The molecule has 0 aliphatic carbocycles. The van der Waals surface area contributed by atoms with Crippen LogP contribution in [0.25, 0.3) is 0 Å². The lowest BCUT2D eigenvalue weighted by Crippen LogP contribution is -2.05. The zero-order chi connectivity index (χ0) is 29.4. The number of unbranched alkanes of at least 4 members (excludes halogenated alkanes) is 16. The topological polar surface area (TPSA) is 47.0 Å². The van der Waals surface area contributed by atoms with Crippen molar-refractivity contribution in [3.8, 4) is 0 Å². The van der Waals surface area contributed by atoms with Crippen molar-refractivity contribution in [3.63, 3.8) is 0 Å². The third-order valence-corrected chi connectivity index (χ3v) is 14.8. The molecule has 1 heterocycles. The van der Waals surface area contributed by atoms with Crippen LogP contribution in [-0.2, 0) is 21.5 Å². The monoisotopic (exact) mass is 595 g/mol. The van der Waals surface area contributed by atoms with E-state index in [1.54, 1.807) is 0 Å². The second-order valence-electron chi connectivity index (χ2n) is 12.6. The summed E-state index contributed by atoms with van der Waals surface area (Å²) in [7, 11) is -4.60. The fourth-order valence-electron chi connectivity index (χ4n) is 5.85. The maximum atomic E-state index is 14.2. The van der Waals surface area contributed by atoms with Gasteiger partial charge in [0.15, 0.2) is 0 Å². The summed E-state index contributed by atoms with van der Waals surface area (Å²) in [5.74, 6) is 0. The van der Waals surface area contributed by atoms with Gasteiger partial charge in [-0.05, 0) is 37.8 Å². The Balaban J connectivity index is 2.89. The van der Waals surface area contributed by atoms with E-state index in [9.17, 15) is 9.13 Å². The van der Waals surface area contributed by atoms with Crippen molar-refractivity contribution in [3.05, 3.63) is 29.6 Å². The molecule has 1 aromatic heterocycles. The number of hydrogen-bond donors (Lipinski definition) is 0. The second kappa shape index (κ2) is 24.1. The Morgan fingerprint density at radius 3 is 1.00 bits per heavy atom. The van der Waals surface area contributed by atoms with Crippen LogP contribution in [-0.4, -0.2) is 29.6 Å². The van der Waals surface area contributed by atoms with Crippen molar-refractivity contribution in [2.24, 2.45) is 0 Å². The molecule has 0 atom stereocenters. The van der Waals surface area contributed by atoms with Crippen molar-refractivity contribution >= 4 is 14.3 Å². The highest BCUT2D eigenvalue weighted by atomic mass is 31.2. The Kier molecular flexibility index (Phi) is 22.7. The van der Waals surface area contributed by atoms with Crippen LogP contribution in [0.1, 0.15) is 167 Å². The van der Waals surface area contributed by atoms with Gasteiger partial charge in [-0.2, -0.15) is 0 Å². The molecular formula is C35H67NO2P2. The number of hydrogen-bond acceptors (Lipinski definition) is 3. The van der Waals surface area contributed by atoms with Gasteiger partial charge in [0.2, 0.25) is 0 Å². The van der Waals surface area contributed by atoms with E-state index in [1.165, 1.54) is 103 Å². The van der Waals surface area contributed by atoms with E-state index in [0.29, 0.717) is 12.3 Å². The van der Waals surface area contributed by atoms with E-state index in [1.807, 2.05) is 0 Å². The molecule has 40 heavy (non-hydrogen) atoms. The van der Waals surface area contributed by atoms with Crippen LogP contribution in [0.3, 0.4) is 0 Å². The highest BCUT2D eigenvalue weighted by Gasteiger charge is 2.25. The molecule has 0 amide bonds. The lowest BCUT2D eigenvalue weighted by atomic mass is 10.2. The normalized spacial score (nSPS) is 12.3. The average molecular weight is 596 g/mol. The van der Waals surface area contributed by atoms with Crippen molar-refractivity contribution in [2.45, 2.75) is 168 Å². The number of nitrogens with zero attached hydrogens (tertiary/aromatic N) is 1. The summed E-state index contributed by atoms with van der Waals surface area (Å²) < 4.78 is 28.4. The Morgan fingerprint density at radius 2 is 0.725 bits per heavy atom. The molecule has 0 spiro atoms. The Morgan fingerprint density at radius 1 is 0.450 bits per heavy atom. The summed E-state index contributed by atoms with van der Waals surface area (Å²) >= 11 is 0. The van der Waals surface area contributed by atoms with Crippen LogP contribution in [0.2, 0.25) is 0 Å². The molecule has 0 saturated carbocycles. The summed E-state index contributed by atoms with van der Waals surface area (Å²) in [6.45, 7) is 8.99. The van der Waals surface area contributed by atoms with E-state index in [-0.39, 0.29) is 0 Å². The maximum absolute atomic E-state index is 14.2. The predicted molar refractivity (Wildman–Crippen MR) is 181 cm³/mol. The smallest absolute Gasteiger partial charge is 0.0934 e. The quantitative estimate of drug-likeness (QED) is 0.0715. The van der Waals surface area contributed by atoms with E-state index in [4.69, 9.17) is 4.98 Å². The van der Waals surface area contributed by atoms with Gasteiger partial charge in [-0.1, -0.05) is 136 Å². The molecule has 0 aliphatic heterocycles. The molecule has 0 unspecified atom stereocenters. The molecule has 5 heteroatoms. The average Bonchev–Trinajstić information content (AvgIpc) is 2.93. The SMILES string of the molecule is CCCCCCCP(=O)(CCCCCCC)Cc1cccc(CP(=O)(CCCCCCC)CCCCCCC)n1. The van der Waals surface area contributed by atoms with Crippen LogP contribution >= 0.6 is 14.3 Å². The standard InChI is InChI=1S/C35H67NO2P2/c1-5-9-13-17-21-28-39(37,29-22-18-14-10-6-2)32-34-26-25-27-35(36-34)33-40(38,30-23-19-15-11-7-3)31-24-20-16-12-8-4/h25-27H,5-24,28-33H2,1-4H3. The molecule has 234 valence electrons. The molecule has 0 aromatic carbocycles. The molecule has 0 radical (unpaired) electrons. The fourth-order valence-corrected chi connectivity index (χ4v) is 11.7. The molecule has 0 N–H and O–H groups in total. The van der Waals surface area contributed by atoms with Gasteiger partial charge in [-0.15, -0.1) is 0 Å². The van der Waals surface area contributed by atoms with Gasteiger partial charge in [0, 0.05) is 48.4 Å². The lowest BCUT2D eigenvalue weighted by molar-refractivity contribution is 0.562. The molecule has 0 fully saturated rings.